The Kier molecular flexibility index (Phi) is 4.67. The molecular formula is C19H16BrF3N4. The second-order valence-electron chi connectivity index (χ2n) is 6.38. The number of hydrogen-bond acceptors (Lipinski definition) is 3. The van der Waals surface area contributed by atoms with Gasteiger partial charge < -0.3 is 5.32 Å². The monoisotopic (exact) mass is 436 g/mol. The molecule has 0 radical (unpaired) electrons. The molecule has 140 valence electrons. The summed E-state index contributed by atoms with van der Waals surface area (Å²) in [6, 6.07) is 7.39. The van der Waals surface area contributed by atoms with Crippen LogP contribution in [0.2, 0.25) is 0 Å². The number of para-hydroxylation sites is 1. The maximum atomic E-state index is 13.6. The highest BCUT2D eigenvalue weighted by molar-refractivity contribution is 9.10. The summed E-state index contributed by atoms with van der Waals surface area (Å²) < 4.78 is 42.8. The van der Waals surface area contributed by atoms with E-state index in [9.17, 15) is 13.2 Å². The van der Waals surface area contributed by atoms with E-state index in [0.717, 1.165) is 40.9 Å². The first-order valence-corrected chi connectivity index (χ1v) is 9.38. The quantitative estimate of drug-likeness (QED) is 0.579. The molecule has 4 nitrogen and oxygen atoms in total. The van der Waals surface area contributed by atoms with Gasteiger partial charge in [0.2, 0.25) is 0 Å². The van der Waals surface area contributed by atoms with Crippen LogP contribution in [0.1, 0.15) is 24.0 Å². The fraction of sp³-hybridized carbons (Fsp3) is 0.263. The number of halogens is 4. The number of fused-ring (bicyclic) bond motifs is 1. The lowest BCUT2D eigenvalue weighted by Crippen LogP contribution is -2.14. The lowest BCUT2D eigenvalue weighted by atomic mass is 10.1. The highest BCUT2D eigenvalue weighted by atomic mass is 79.9. The van der Waals surface area contributed by atoms with Crippen molar-refractivity contribution in [3.05, 3.63) is 58.3 Å². The Labute approximate surface area is 162 Å². The molecule has 8 heteroatoms. The van der Waals surface area contributed by atoms with Crippen molar-refractivity contribution in [1.82, 2.24) is 14.8 Å². The zero-order valence-electron chi connectivity index (χ0n) is 14.2. The summed E-state index contributed by atoms with van der Waals surface area (Å²) in [7, 11) is 0. The minimum Gasteiger partial charge on any atom is -0.370 e. The van der Waals surface area contributed by atoms with Gasteiger partial charge in [-0.3, -0.25) is 4.98 Å². The summed E-state index contributed by atoms with van der Waals surface area (Å²) in [5.41, 5.74) is 1.66. The Balaban J connectivity index is 1.96. The zero-order chi connectivity index (χ0) is 19.0. The smallest absolute Gasteiger partial charge is 0.370 e. The van der Waals surface area contributed by atoms with Gasteiger partial charge in [0, 0.05) is 34.5 Å². The summed E-state index contributed by atoms with van der Waals surface area (Å²) in [6.45, 7) is 0.697. The van der Waals surface area contributed by atoms with Gasteiger partial charge in [0.1, 0.15) is 5.82 Å². The molecule has 0 unspecified atom stereocenters. The molecule has 0 aliphatic carbocycles. The molecule has 0 amide bonds. The summed E-state index contributed by atoms with van der Waals surface area (Å²) in [5, 5.41) is 7.86. The number of aromatic nitrogens is 3. The Morgan fingerprint density at radius 3 is 2.70 bits per heavy atom. The number of benzene rings is 1. The van der Waals surface area contributed by atoms with E-state index in [4.69, 9.17) is 0 Å². The Bertz CT molecular complexity index is 981. The average molecular weight is 437 g/mol. The van der Waals surface area contributed by atoms with Gasteiger partial charge >= 0.3 is 6.18 Å². The lowest BCUT2D eigenvalue weighted by Gasteiger charge is -2.15. The molecule has 1 aliphatic heterocycles. The molecule has 4 rings (SSSR count). The first-order chi connectivity index (χ1) is 12.9. The third-order valence-electron chi connectivity index (χ3n) is 4.55. The van der Waals surface area contributed by atoms with Crippen molar-refractivity contribution in [3.63, 3.8) is 0 Å². The Hall–Kier alpha value is -2.35. The lowest BCUT2D eigenvalue weighted by molar-refractivity contribution is -0.137. The number of nitrogens with zero attached hydrogens (tertiary/aromatic N) is 3. The Morgan fingerprint density at radius 1 is 1.11 bits per heavy atom. The summed E-state index contributed by atoms with van der Waals surface area (Å²) in [5.74, 6) is 0.624. The molecule has 0 atom stereocenters. The zero-order valence-corrected chi connectivity index (χ0v) is 15.8. The summed E-state index contributed by atoms with van der Waals surface area (Å²) in [4.78, 5) is 4.18. The standard InChI is InChI=1S/C19H16BrF3N4/c20-13-9-12(10-24-11-13)17-14-5-3-4-8-25-18(14)27(26-17)16-7-2-1-6-15(16)19(21,22)23/h1-2,6-7,9-11,25H,3-5,8H2. The van der Waals surface area contributed by atoms with Crippen molar-refractivity contribution in [3.8, 4) is 16.9 Å². The fourth-order valence-corrected chi connectivity index (χ4v) is 3.71. The van der Waals surface area contributed by atoms with Crippen molar-refractivity contribution in [1.29, 1.82) is 0 Å². The van der Waals surface area contributed by atoms with E-state index < -0.39 is 11.7 Å². The van der Waals surface area contributed by atoms with E-state index in [1.54, 1.807) is 18.5 Å². The van der Waals surface area contributed by atoms with Crippen LogP contribution in [0.4, 0.5) is 19.0 Å². The normalized spacial score (nSPS) is 14.4. The van der Waals surface area contributed by atoms with Crippen molar-refractivity contribution in [2.45, 2.75) is 25.4 Å². The molecule has 0 bridgehead atoms. The van der Waals surface area contributed by atoms with Crippen LogP contribution in [0.15, 0.2) is 47.2 Å². The van der Waals surface area contributed by atoms with Crippen LogP contribution in [-0.2, 0) is 12.6 Å². The van der Waals surface area contributed by atoms with Gasteiger partial charge in [0.05, 0.1) is 16.9 Å². The van der Waals surface area contributed by atoms with Gasteiger partial charge in [0.25, 0.3) is 0 Å². The van der Waals surface area contributed by atoms with Crippen molar-refractivity contribution < 1.29 is 13.2 Å². The van der Waals surface area contributed by atoms with E-state index in [1.165, 1.54) is 16.8 Å². The predicted molar refractivity (Wildman–Crippen MR) is 101 cm³/mol. The average Bonchev–Trinajstić information content (AvgIpc) is 2.82. The molecule has 1 aromatic carbocycles. The largest absolute Gasteiger partial charge is 0.418 e. The van der Waals surface area contributed by atoms with Gasteiger partial charge in [-0.05, 0) is 53.4 Å². The SMILES string of the molecule is FC(F)(F)c1ccccc1-n1nc(-c2cncc(Br)c2)c2c1NCCCC2. The number of pyridine rings is 1. The number of hydrogen-bond donors (Lipinski definition) is 1. The molecule has 3 aromatic rings. The van der Waals surface area contributed by atoms with Gasteiger partial charge in [-0.1, -0.05) is 12.1 Å². The molecule has 2 aromatic heterocycles. The van der Waals surface area contributed by atoms with Crippen LogP contribution >= 0.6 is 15.9 Å². The molecule has 0 spiro atoms. The van der Waals surface area contributed by atoms with Crippen molar-refractivity contribution in [2.75, 3.05) is 11.9 Å². The molecule has 27 heavy (non-hydrogen) atoms. The summed E-state index contributed by atoms with van der Waals surface area (Å²) in [6.07, 6.45) is 1.53. The minimum absolute atomic E-state index is 0.0184. The molecule has 0 saturated carbocycles. The molecule has 3 heterocycles. The fourth-order valence-electron chi connectivity index (χ4n) is 3.35. The highest BCUT2D eigenvalue weighted by Crippen LogP contribution is 2.38. The second-order valence-corrected chi connectivity index (χ2v) is 7.29. The van der Waals surface area contributed by atoms with E-state index >= 15 is 0 Å². The topological polar surface area (TPSA) is 42.7 Å². The summed E-state index contributed by atoms with van der Waals surface area (Å²) >= 11 is 3.40. The third kappa shape index (κ3) is 3.45. The first kappa shape index (κ1) is 18.0. The van der Waals surface area contributed by atoms with Crippen LogP contribution < -0.4 is 5.32 Å². The van der Waals surface area contributed by atoms with E-state index in [-0.39, 0.29) is 5.69 Å². The van der Waals surface area contributed by atoms with E-state index in [0.29, 0.717) is 18.1 Å². The molecule has 1 N–H and O–H groups in total. The van der Waals surface area contributed by atoms with Crippen LogP contribution in [0.25, 0.3) is 16.9 Å². The molecule has 0 fully saturated rings. The van der Waals surface area contributed by atoms with Crippen LogP contribution in [0.3, 0.4) is 0 Å². The Morgan fingerprint density at radius 2 is 1.93 bits per heavy atom. The number of alkyl halides is 3. The van der Waals surface area contributed by atoms with Crippen LogP contribution in [-0.4, -0.2) is 21.3 Å². The van der Waals surface area contributed by atoms with Crippen molar-refractivity contribution in [2.24, 2.45) is 0 Å². The van der Waals surface area contributed by atoms with Crippen LogP contribution in [0, 0.1) is 0 Å². The van der Waals surface area contributed by atoms with E-state index in [2.05, 4.69) is 31.3 Å². The van der Waals surface area contributed by atoms with Gasteiger partial charge in [0.15, 0.2) is 0 Å². The van der Waals surface area contributed by atoms with Crippen LogP contribution in [0.5, 0.6) is 0 Å². The number of anilines is 1. The maximum Gasteiger partial charge on any atom is 0.418 e. The number of nitrogens with one attached hydrogen (secondary N) is 1. The third-order valence-corrected chi connectivity index (χ3v) is 4.98. The maximum absolute atomic E-state index is 13.6. The molecule has 0 saturated heterocycles. The van der Waals surface area contributed by atoms with Gasteiger partial charge in [-0.15, -0.1) is 0 Å². The molecule has 1 aliphatic rings. The van der Waals surface area contributed by atoms with Gasteiger partial charge in [-0.2, -0.15) is 18.3 Å². The predicted octanol–water partition coefficient (Wildman–Crippen LogP) is 5.46. The first-order valence-electron chi connectivity index (χ1n) is 8.58. The second kappa shape index (κ2) is 6.99. The van der Waals surface area contributed by atoms with Crippen molar-refractivity contribution >= 4 is 21.7 Å². The van der Waals surface area contributed by atoms with E-state index in [1.807, 2.05) is 6.07 Å². The molecular weight excluding hydrogens is 421 g/mol. The minimum atomic E-state index is -4.46. The number of rotatable bonds is 2. The van der Waals surface area contributed by atoms with Gasteiger partial charge in [-0.25, -0.2) is 4.68 Å². The highest BCUT2D eigenvalue weighted by Gasteiger charge is 2.35.